The minimum Gasteiger partial charge on any atom is -0.454 e. The lowest BCUT2D eigenvalue weighted by molar-refractivity contribution is -0.401. The van der Waals surface area contributed by atoms with Crippen LogP contribution in [0.2, 0.25) is 0 Å². The van der Waals surface area contributed by atoms with Crippen molar-refractivity contribution < 1.29 is 23.5 Å². The van der Waals surface area contributed by atoms with Crippen molar-refractivity contribution in [2.75, 3.05) is 32.6 Å². The number of rotatable bonds is 3. The van der Waals surface area contributed by atoms with E-state index in [0.29, 0.717) is 13.6 Å². The van der Waals surface area contributed by atoms with Crippen molar-refractivity contribution in [1.82, 2.24) is 0 Å². The summed E-state index contributed by atoms with van der Waals surface area (Å²) in [5, 5.41) is 0. The highest BCUT2D eigenvalue weighted by Crippen LogP contribution is 2.51. The Morgan fingerprint density at radius 3 is 2.06 bits per heavy atom. The van der Waals surface area contributed by atoms with Gasteiger partial charge in [-0.25, -0.2) is 0 Å². The quantitative estimate of drug-likeness (QED) is 0.432. The molecular formula is C29H31N2O4+. The SMILES string of the molecule is CN1\C(=C/C=C/C=C/C2=[N+](C)c3cc4c(cc3C2(C)C)OCO4)C(C)(C)c2cc3c(cc21)OCO3. The van der Waals surface area contributed by atoms with Gasteiger partial charge in [-0.3, -0.25) is 0 Å². The highest BCUT2D eigenvalue weighted by Gasteiger charge is 2.44. The van der Waals surface area contributed by atoms with E-state index in [1.807, 2.05) is 0 Å². The molecule has 0 radical (unpaired) electrons. The van der Waals surface area contributed by atoms with Gasteiger partial charge in [-0.05, 0) is 37.6 Å². The number of fused-ring (bicyclic) bond motifs is 4. The summed E-state index contributed by atoms with van der Waals surface area (Å²) in [4.78, 5) is 2.24. The molecule has 0 unspecified atom stereocenters. The highest BCUT2D eigenvalue weighted by molar-refractivity contribution is 6.03. The lowest BCUT2D eigenvalue weighted by Gasteiger charge is -2.23. The zero-order valence-corrected chi connectivity index (χ0v) is 21.1. The van der Waals surface area contributed by atoms with E-state index in [0.717, 1.165) is 34.4 Å². The maximum absolute atomic E-state index is 5.62. The van der Waals surface area contributed by atoms with Gasteiger partial charge in [0.2, 0.25) is 19.3 Å². The van der Waals surface area contributed by atoms with E-state index in [1.54, 1.807) is 0 Å². The van der Waals surface area contributed by atoms with Gasteiger partial charge in [0, 0.05) is 41.6 Å². The summed E-state index contributed by atoms with van der Waals surface area (Å²) >= 11 is 0. The zero-order valence-electron chi connectivity index (χ0n) is 21.1. The van der Waals surface area contributed by atoms with E-state index in [9.17, 15) is 0 Å². The highest BCUT2D eigenvalue weighted by atomic mass is 16.7. The second-order valence-corrected chi connectivity index (χ2v) is 10.5. The van der Waals surface area contributed by atoms with Crippen LogP contribution in [0.1, 0.15) is 38.8 Å². The first-order chi connectivity index (χ1) is 16.7. The number of benzene rings is 2. The van der Waals surface area contributed by atoms with Crippen LogP contribution in [0.15, 0.2) is 60.3 Å². The molecule has 2 aromatic rings. The van der Waals surface area contributed by atoms with E-state index >= 15 is 0 Å². The summed E-state index contributed by atoms with van der Waals surface area (Å²) in [5.41, 5.74) is 7.03. The smallest absolute Gasteiger partial charge is 0.231 e. The third-order valence-electron chi connectivity index (χ3n) is 7.79. The Hall–Kier alpha value is -3.67. The van der Waals surface area contributed by atoms with E-state index in [4.69, 9.17) is 18.9 Å². The third kappa shape index (κ3) is 3.12. The number of anilines is 1. The molecule has 6 rings (SSSR count). The minimum absolute atomic E-state index is 0.131. The molecule has 4 aliphatic rings. The molecule has 0 amide bonds. The molecule has 0 N–H and O–H groups in total. The number of allylic oxidation sites excluding steroid dienone is 6. The Labute approximate surface area is 206 Å². The van der Waals surface area contributed by atoms with Crippen molar-refractivity contribution in [3.8, 4) is 23.0 Å². The van der Waals surface area contributed by atoms with Crippen molar-refractivity contribution in [2.45, 2.75) is 38.5 Å². The summed E-state index contributed by atoms with van der Waals surface area (Å²) in [6.45, 7) is 9.59. The number of ether oxygens (including phenoxy) is 4. The fourth-order valence-corrected chi connectivity index (χ4v) is 5.79. The van der Waals surface area contributed by atoms with Crippen molar-refractivity contribution in [1.29, 1.82) is 0 Å². The second kappa shape index (κ2) is 7.41. The van der Waals surface area contributed by atoms with Crippen LogP contribution in [0.5, 0.6) is 23.0 Å². The molecule has 0 saturated carbocycles. The monoisotopic (exact) mass is 471 g/mol. The van der Waals surface area contributed by atoms with Crippen molar-refractivity contribution in [3.63, 3.8) is 0 Å². The molecule has 0 fully saturated rings. The Morgan fingerprint density at radius 2 is 1.37 bits per heavy atom. The summed E-state index contributed by atoms with van der Waals surface area (Å²) in [6.07, 6.45) is 10.7. The maximum Gasteiger partial charge on any atom is 0.231 e. The van der Waals surface area contributed by atoms with Gasteiger partial charge in [0.1, 0.15) is 7.05 Å². The summed E-state index contributed by atoms with van der Waals surface area (Å²) in [5.74, 6) is 3.29. The van der Waals surface area contributed by atoms with Gasteiger partial charge in [-0.1, -0.05) is 32.1 Å². The topological polar surface area (TPSA) is 43.2 Å². The first-order valence-corrected chi connectivity index (χ1v) is 12.0. The Morgan fingerprint density at radius 1 is 0.771 bits per heavy atom. The summed E-state index contributed by atoms with van der Waals surface area (Å²) in [7, 11) is 4.22. The van der Waals surface area contributed by atoms with Crippen LogP contribution >= 0.6 is 0 Å². The molecule has 4 aliphatic heterocycles. The van der Waals surface area contributed by atoms with Gasteiger partial charge >= 0.3 is 0 Å². The molecule has 4 heterocycles. The molecule has 6 heteroatoms. The summed E-state index contributed by atoms with van der Waals surface area (Å²) in [6, 6.07) is 8.41. The second-order valence-electron chi connectivity index (χ2n) is 10.5. The van der Waals surface area contributed by atoms with E-state index in [-0.39, 0.29) is 10.8 Å². The normalized spacial score (nSPS) is 21.7. The third-order valence-corrected chi connectivity index (χ3v) is 7.79. The summed E-state index contributed by atoms with van der Waals surface area (Å²) < 4.78 is 24.7. The average molecular weight is 472 g/mol. The lowest BCUT2D eigenvalue weighted by Crippen LogP contribution is -2.26. The number of hydrogen-bond acceptors (Lipinski definition) is 5. The van der Waals surface area contributed by atoms with Crippen molar-refractivity contribution >= 4 is 17.1 Å². The van der Waals surface area contributed by atoms with E-state index in [2.05, 4.69) is 106 Å². The van der Waals surface area contributed by atoms with Crippen molar-refractivity contribution in [3.05, 3.63) is 71.5 Å². The molecule has 0 bridgehead atoms. The first-order valence-electron chi connectivity index (χ1n) is 12.0. The predicted molar refractivity (Wildman–Crippen MR) is 137 cm³/mol. The van der Waals surface area contributed by atoms with E-state index in [1.165, 1.54) is 22.5 Å². The maximum atomic E-state index is 5.62. The van der Waals surface area contributed by atoms with Gasteiger partial charge in [0.15, 0.2) is 28.7 Å². The molecule has 0 atom stereocenters. The van der Waals surface area contributed by atoms with Gasteiger partial charge in [0.05, 0.1) is 11.5 Å². The van der Waals surface area contributed by atoms with Crippen molar-refractivity contribution in [2.24, 2.45) is 0 Å². The van der Waals surface area contributed by atoms with Crippen LogP contribution < -0.4 is 23.8 Å². The zero-order chi connectivity index (χ0) is 24.5. The van der Waals surface area contributed by atoms with Crippen LogP contribution in [0.25, 0.3) is 0 Å². The number of nitrogens with zero attached hydrogens (tertiary/aromatic N) is 2. The molecule has 0 aromatic heterocycles. The fraction of sp³-hybridized carbons (Fsp3) is 0.345. The number of likely N-dealkylation sites (N-methyl/N-ethyl adjacent to an activating group) is 1. The van der Waals surface area contributed by atoms with E-state index < -0.39 is 0 Å². The first kappa shape index (κ1) is 21.8. The number of hydrogen-bond donors (Lipinski definition) is 0. The molecule has 6 nitrogen and oxygen atoms in total. The molecule has 0 saturated heterocycles. The molecule has 35 heavy (non-hydrogen) atoms. The predicted octanol–water partition coefficient (Wildman–Crippen LogP) is 5.57. The molecule has 180 valence electrons. The van der Waals surface area contributed by atoms with Crippen LogP contribution in [0, 0.1) is 0 Å². The minimum atomic E-state index is -0.131. The Bertz CT molecular complexity index is 1380. The molecule has 0 spiro atoms. The lowest BCUT2D eigenvalue weighted by atomic mass is 9.81. The van der Waals surface area contributed by atoms with Gasteiger partial charge in [-0.2, -0.15) is 4.58 Å². The molecule has 0 aliphatic carbocycles. The largest absolute Gasteiger partial charge is 0.454 e. The average Bonchev–Trinajstić information content (AvgIpc) is 3.55. The van der Waals surface area contributed by atoms with Crippen LogP contribution in [0.3, 0.4) is 0 Å². The Balaban J connectivity index is 1.25. The standard InChI is InChI=1S/C29H31N2O4/c1-28(2)18-12-22-24(34-16-32-22)14-20(18)30(5)26(28)10-8-7-9-11-27-29(3,4)19-13-23-25(35-17-33-23)15-21(19)31(27)6/h7-15H,16-17H2,1-6H3/q+1. The van der Waals surface area contributed by atoms with Gasteiger partial charge in [-0.15, -0.1) is 0 Å². The molecule has 2 aromatic carbocycles. The van der Waals surface area contributed by atoms with Crippen LogP contribution in [0.4, 0.5) is 11.4 Å². The van der Waals surface area contributed by atoms with Crippen LogP contribution in [-0.2, 0) is 10.8 Å². The molecular weight excluding hydrogens is 440 g/mol. The van der Waals surface area contributed by atoms with Crippen LogP contribution in [-0.4, -0.2) is 38.0 Å². The Kier molecular flexibility index (Phi) is 4.62. The fourth-order valence-electron chi connectivity index (χ4n) is 5.79. The van der Waals surface area contributed by atoms with Gasteiger partial charge < -0.3 is 23.8 Å². The van der Waals surface area contributed by atoms with Gasteiger partial charge in [0.25, 0.3) is 0 Å².